The average molecular weight is 191 g/mol. The van der Waals surface area contributed by atoms with Crippen LogP contribution in [0.3, 0.4) is 0 Å². The number of hydrogen-bond donors (Lipinski definition) is 0. The van der Waals surface area contributed by atoms with E-state index in [1.165, 1.54) is 0 Å². The Hall–Kier alpha value is 1.91. The van der Waals surface area contributed by atoms with E-state index in [9.17, 15) is 0 Å². The molecule has 0 N–H and O–H groups in total. The summed E-state index contributed by atoms with van der Waals surface area (Å²) in [6, 6.07) is 0. The van der Waals surface area contributed by atoms with Crippen LogP contribution < -0.4 is 0 Å². The van der Waals surface area contributed by atoms with Gasteiger partial charge in [-0.05, 0) is 0 Å². The van der Waals surface area contributed by atoms with Crippen LogP contribution in [0, 0.1) is 0 Å². The Morgan fingerprint density at radius 3 is 0.875 bits per heavy atom. The zero-order chi connectivity index (χ0) is 2.00. The first-order chi connectivity index (χ1) is 1.00. The fraction of sp³-hybridized carbons (Fsp3) is 0. The van der Waals surface area contributed by atoms with E-state index in [1.807, 2.05) is 0 Å². The Morgan fingerprint density at radius 1 is 0.875 bits per heavy atom. The van der Waals surface area contributed by atoms with Crippen LogP contribution in [0.1, 0.15) is 0 Å². The smallest absolute Gasteiger partial charge is 2.00 e. The Bertz CT molecular complexity index is 16.0. The van der Waals surface area contributed by atoms with E-state index in [0.29, 0.717) is 0 Å². The van der Waals surface area contributed by atoms with Gasteiger partial charge in [0.1, 0.15) is 0 Å². The second-order valence-corrected chi connectivity index (χ2v) is 0. The summed E-state index contributed by atoms with van der Waals surface area (Å²) >= 11 is 0. The molecule has 0 rings (SSSR count). The van der Waals surface area contributed by atoms with Crippen molar-refractivity contribution in [3.63, 3.8) is 0 Å². The maximum Gasteiger partial charge on any atom is 4.00 e. The molecule has 0 saturated heterocycles. The molecule has 0 aromatic rings. The molecule has 4 nitrogen and oxygen atoms in total. The van der Waals surface area contributed by atoms with Crippen molar-refractivity contribution >= 4 is 50.5 Å². The van der Waals surface area contributed by atoms with Crippen LogP contribution in [0.5, 0.6) is 0 Å². The second-order valence-electron chi connectivity index (χ2n) is 0. The van der Waals surface area contributed by atoms with Crippen molar-refractivity contribution in [1.29, 1.82) is 0 Å². The van der Waals surface area contributed by atoms with E-state index in [4.69, 9.17) is 4.46 Å². The molecule has 0 saturated carbocycles. The predicted octanol–water partition coefficient (Wildman–Crippen LogP) is -1.62. The van der Waals surface area contributed by atoms with Gasteiger partial charge in [0.15, 0.2) is 0 Å². The minimum Gasteiger partial charge on any atom is -2.00 e. The van der Waals surface area contributed by atoms with Gasteiger partial charge in [-0.15, -0.1) is 0 Å². The number of hydrogen-bond acceptors (Lipinski definition) is 1. The maximum atomic E-state index is 8.06. The molecule has 0 bridgehead atoms. The van der Waals surface area contributed by atoms with Crippen molar-refractivity contribution in [2.45, 2.75) is 0 Å². The molecule has 32 valence electrons. The van der Waals surface area contributed by atoms with E-state index in [1.54, 1.807) is 10.1 Å². The van der Waals surface area contributed by atoms with Crippen LogP contribution in [-0.2, 0) is 42.6 Å². The second kappa shape index (κ2) is 153. The molecule has 0 radical (unpaired) electrons. The standard InChI is InChI=1S/Al.Mg.OSi.3O.Ti/c;;1-2;;;;/q+3;2*+2;3*-2;+4. The fourth-order valence-electron chi connectivity index (χ4n) is 0. The van der Waals surface area contributed by atoms with Crippen LogP contribution in [-0.4, -0.2) is 50.5 Å². The number of rotatable bonds is 0. The van der Waals surface area contributed by atoms with E-state index in [0.717, 1.165) is 0 Å². The summed E-state index contributed by atoms with van der Waals surface area (Å²) in [5.74, 6) is 0. The van der Waals surface area contributed by atoms with Gasteiger partial charge in [0, 0.05) is 0 Å². The molecule has 0 fully saturated rings. The molecule has 8 heteroatoms. The normalized spacial score (nSPS) is 0.750. The average Bonchev–Trinajstić information content (AvgIpc) is 1.00. The van der Waals surface area contributed by atoms with Gasteiger partial charge in [0.25, 0.3) is 0 Å². The summed E-state index contributed by atoms with van der Waals surface area (Å²) in [4.78, 5) is 0. The van der Waals surface area contributed by atoms with Gasteiger partial charge in [-0.2, -0.15) is 0 Å². The van der Waals surface area contributed by atoms with E-state index < -0.39 is 0 Å². The summed E-state index contributed by atoms with van der Waals surface area (Å²) < 4.78 is 8.06. The Labute approximate surface area is 92.4 Å². The summed E-state index contributed by atoms with van der Waals surface area (Å²) in [5, 5.41) is 0. The van der Waals surface area contributed by atoms with Gasteiger partial charge in [-0.25, -0.2) is 0 Å². The summed E-state index contributed by atoms with van der Waals surface area (Å²) in [5.41, 5.74) is 0. The van der Waals surface area contributed by atoms with E-state index >= 15 is 0 Å². The van der Waals surface area contributed by atoms with Crippen molar-refractivity contribution in [1.82, 2.24) is 0 Å². The van der Waals surface area contributed by atoms with Crippen LogP contribution in [0.25, 0.3) is 0 Å². The van der Waals surface area contributed by atoms with Crippen molar-refractivity contribution in [3.8, 4) is 0 Å². The molecule has 0 amide bonds. The van der Waals surface area contributed by atoms with Crippen molar-refractivity contribution < 1.29 is 42.6 Å². The van der Waals surface area contributed by atoms with Gasteiger partial charge in [-0.3, -0.25) is 0 Å². The van der Waals surface area contributed by atoms with E-state index in [2.05, 4.69) is 0 Å². The largest absolute Gasteiger partial charge is 4.00 e. The molecule has 0 aromatic carbocycles. The SMILES string of the molecule is O=[Si+2].[Al+3].[Mg+2].[O-2].[O-2].[O-2].[Ti+4]. The molecule has 0 aliphatic heterocycles. The van der Waals surface area contributed by atoms with Gasteiger partial charge < -0.3 is 16.4 Å². The molecule has 0 aliphatic carbocycles. The van der Waals surface area contributed by atoms with Crippen molar-refractivity contribution in [2.75, 3.05) is 0 Å². The molecular weight excluding hydrogens is 191 g/mol. The van der Waals surface area contributed by atoms with Gasteiger partial charge >= 0.3 is 76.7 Å². The monoisotopic (exact) mass is 191 g/mol. The Kier molecular flexibility index (Phi) is 1770. The van der Waals surface area contributed by atoms with Crippen LogP contribution in [0.15, 0.2) is 0 Å². The Balaban J connectivity index is -0.000000000333. The van der Waals surface area contributed by atoms with E-state index in [-0.39, 0.29) is 78.6 Å². The van der Waals surface area contributed by atoms with Crippen LogP contribution in [0.2, 0.25) is 0 Å². The van der Waals surface area contributed by atoms with Crippen LogP contribution >= 0.6 is 0 Å². The van der Waals surface area contributed by atoms with Gasteiger partial charge in [0.05, 0.1) is 0 Å². The molecule has 0 aliphatic rings. The molecular formula is AlMgO4SiTi+5. The summed E-state index contributed by atoms with van der Waals surface area (Å²) in [7, 11) is 1.72. The van der Waals surface area contributed by atoms with Gasteiger partial charge in [0.2, 0.25) is 0 Å². The summed E-state index contributed by atoms with van der Waals surface area (Å²) in [6.07, 6.45) is 0. The molecule has 8 heavy (non-hydrogen) atoms. The summed E-state index contributed by atoms with van der Waals surface area (Å²) in [6.45, 7) is 0. The predicted molar refractivity (Wildman–Crippen MR) is 20.0 cm³/mol. The quantitative estimate of drug-likeness (QED) is 0.422. The molecule has 0 heterocycles. The van der Waals surface area contributed by atoms with Crippen molar-refractivity contribution in [3.05, 3.63) is 0 Å². The van der Waals surface area contributed by atoms with Crippen LogP contribution in [0.4, 0.5) is 0 Å². The zero-order valence-corrected chi connectivity index (χ0v) is 9.05. The third-order valence-corrected chi connectivity index (χ3v) is 0. The zero-order valence-electron chi connectivity index (χ0n) is 3.92. The minimum atomic E-state index is 0. The van der Waals surface area contributed by atoms with Gasteiger partial charge in [-0.1, -0.05) is 0 Å². The fourth-order valence-corrected chi connectivity index (χ4v) is 0. The minimum absolute atomic E-state index is 0. The molecule has 0 atom stereocenters. The molecule has 0 spiro atoms. The third kappa shape index (κ3) is 104. The topological polar surface area (TPSA) is 103 Å². The first-order valence-electron chi connectivity index (χ1n) is 0.204. The van der Waals surface area contributed by atoms with Crippen molar-refractivity contribution in [2.24, 2.45) is 0 Å². The Morgan fingerprint density at radius 2 is 0.875 bits per heavy atom. The molecule has 0 unspecified atom stereocenters. The maximum absolute atomic E-state index is 8.06. The first-order valence-corrected chi connectivity index (χ1v) is 0.612. The third-order valence-electron chi connectivity index (χ3n) is 0. The molecule has 0 aromatic heterocycles. The first kappa shape index (κ1) is 92.9.